The van der Waals surface area contributed by atoms with E-state index in [1.54, 1.807) is 45.2 Å². The van der Waals surface area contributed by atoms with E-state index in [1.165, 1.54) is 4.31 Å². The Labute approximate surface area is 266 Å². The van der Waals surface area contributed by atoms with Gasteiger partial charge >= 0.3 is 6.09 Å². The third kappa shape index (κ3) is 8.50. The Morgan fingerprint density at radius 3 is 2.61 bits per heavy atom. The van der Waals surface area contributed by atoms with Gasteiger partial charge in [-0.2, -0.15) is 0 Å². The molecular formula is C33H40ClN3O6S. The van der Waals surface area contributed by atoms with Gasteiger partial charge in [-0.05, 0) is 101 Å². The number of aromatic nitrogens is 1. The Hall–Kier alpha value is -3.18. The lowest BCUT2D eigenvalue weighted by Gasteiger charge is -2.23. The van der Waals surface area contributed by atoms with E-state index in [9.17, 15) is 13.6 Å². The van der Waals surface area contributed by atoms with E-state index in [-0.39, 0.29) is 12.7 Å². The highest BCUT2D eigenvalue weighted by atomic mass is 35.5. The number of pyridine rings is 1. The van der Waals surface area contributed by atoms with E-state index >= 15 is 0 Å². The Kier molecular flexibility index (Phi) is 10.1. The quantitative estimate of drug-likeness (QED) is 0.139. The molecule has 0 saturated heterocycles. The number of halogens is 1. The van der Waals surface area contributed by atoms with Gasteiger partial charge in [-0.1, -0.05) is 29.8 Å². The number of unbranched alkanes of at least 4 members (excludes halogenated alkanes) is 1. The molecule has 2 N–H and O–H groups in total. The van der Waals surface area contributed by atoms with Gasteiger partial charge < -0.3 is 19.5 Å². The van der Waals surface area contributed by atoms with Crippen molar-refractivity contribution in [2.45, 2.75) is 83.2 Å². The minimum absolute atomic E-state index is 0.229. The molecule has 44 heavy (non-hydrogen) atoms. The average molecular weight is 642 g/mol. The lowest BCUT2D eigenvalue weighted by Crippen LogP contribution is -2.33. The van der Waals surface area contributed by atoms with E-state index in [2.05, 4.69) is 16.4 Å². The van der Waals surface area contributed by atoms with Crippen molar-refractivity contribution >= 4 is 34.6 Å². The topological polar surface area (TPSA) is 110 Å². The first-order valence-corrected chi connectivity index (χ1v) is 16.5. The zero-order valence-electron chi connectivity index (χ0n) is 25.4. The molecule has 0 bridgehead atoms. The Morgan fingerprint density at radius 1 is 1.14 bits per heavy atom. The molecule has 2 aliphatic carbocycles. The summed E-state index contributed by atoms with van der Waals surface area (Å²) in [4.78, 5) is 16.3. The van der Waals surface area contributed by atoms with Crippen LogP contribution in [-0.4, -0.2) is 44.6 Å². The molecular weight excluding hydrogens is 602 g/mol. The molecule has 0 aliphatic heterocycles. The largest absolute Gasteiger partial charge is 0.490 e. The van der Waals surface area contributed by atoms with Gasteiger partial charge in [-0.3, -0.25) is 13.8 Å². The van der Waals surface area contributed by atoms with Crippen molar-refractivity contribution in [3.05, 3.63) is 77.1 Å². The molecule has 0 radical (unpaired) electrons. The fraction of sp³-hybridized carbons (Fsp3) is 0.455. The predicted molar refractivity (Wildman–Crippen MR) is 172 cm³/mol. The summed E-state index contributed by atoms with van der Waals surface area (Å²) in [6.45, 7) is 6.35. The Morgan fingerprint density at radius 2 is 1.91 bits per heavy atom. The molecule has 0 spiro atoms. The second-order valence-electron chi connectivity index (χ2n) is 12.3. The first-order chi connectivity index (χ1) is 21.0. The van der Waals surface area contributed by atoms with Crippen LogP contribution in [0.1, 0.15) is 70.4 Å². The highest BCUT2D eigenvalue weighted by Crippen LogP contribution is 2.53. The number of benzene rings is 2. The number of alkyl carbamates (subject to hydrolysis) is 1. The number of nitrogens with one attached hydrogen (secondary N) is 1. The molecule has 3 aromatic rings. The molecule has 2 fully saturated rings. The third-order valence-electron chi connectivity index (χ3n) is 7.48. The highest BCUT2D eigenvalue weighted by Gasteiger charge is 2.48. The molecule has 1 amide bonds. The molecule has 9 nitrogen and oxygen atoms in total. The molecule has 2 aromatic carbocycles. The van der Waals surface area contributed by atoms with Crippen molar-refractivity contribution in [2.24, 2.45) is 0 Å². The minimum atomic E-state index is -2.24. The van der Waals surface area contributed by atoms with E-state index in [0.717, 1.165) is 53.7 Å². The summed E-state index contributed by atoms with van der Waals surface area (Å²) < 4.78 is 41.8. The molecule has 11 heteroatoms. The second kappa shape index (κ2) is 13.9. The summed E-state index contributed by atoms with van der Waals surface area (Å²) in [5.41, 5.74) is 3.28. The predicted octanol–water partition coefficient (Wildman–Crippen LogP) is 7.40. The molecule has 1 aromatic heterocycles. The molecule has 2 aliphatic rings. The lowest BCUT2D eigenvalue weighted by atomic mass is 9.96. The second-order valence-corrected chi connectivity index (χ2v) is 13.6. The van der Waals surface area contributed by atoms with Gasteiger partial charge in [0, 0.05) is 41.6 Å². The van der Waals surface area contributed by atoms with Crippen molar-refractivity contribution < 1.29 is 27.8 Å². The zero-order chi connectivity index (χ0) is 31.3. The SMILES string of the molecule is CC(C)(C)OC(=O)NCCCCN(c1ccc(Cl)c(COC2(c3cnccc3-c3ccccc3OC3CC3)CC2)c1)S(=O)O. The number of carbonyl (C=O) groups is 1. The molecule has 1 atom stereocenters. The van der Waals surface area contributed by atoms with E-state index in [0.29, 0.717) is 36.6 Å². The number of hydrogen-bond acceptors (Lipinski definition) is 6. The summed E-state index contributed by atoms with van der Waals surface area (Å²) in [6, 6.07) is 15.3. The first kappa shape index (κ1) is 32.2. The van der Waals surface area contributed by atoms with E-state index in [1.807, 2.05) is 30.5 Å². The van der Waals surface area contributed by atoms with Crippen LogP contribution in [0.3, 0.4) is 0 Å². The highest BCUT2D eigenvalue weighted by molar-refractivity contribution is 7.80. The maximum Gasteiger partial charge on any atom is 0.407 e. The van der Waals surface area contributed by atoms with Crippen LogP contribution in [0.5, 0.6) is 5.75 Å². The third-order valence-corrected chi connectivity index (χ3v) is 8.62. The van der Waals surface area contributed by atoms with Gasteiger partial charge in [0.1, 0.15) is 11.4 Å². The van der Waals surface area contributed by atoms with Gasteiger partial charge in [-0.25, -0.2) is 9.00 Å². The van der Waals surface area contributed by atoms with Crippen LogP contribution in [0.4, 0.5) is 10.5 Å². The number of para-hydroxylation sites is 1. The summed E-state index contributed by atoms with van der Waals surface area (Å²) in [6.07, 6.45) is 8.51. The van der Waals surface area contributed by atoms with Crippen LogP contribution in [0.2, 0.25) is 5.02 Å². The summed E-state index contributed by atoms with van der Waals surface area (Å²) >= 11 is 4.34. The van der Waals surface area contributed by atoms with Gasteiger partial charge in [0.05, 0.1) is 24.0 Å². The smallest absolute Gasteiger partial charge is 0.407 e. The van der Waals surface area contributed by atoms with Crippen LogP contribution in [0.15, 0.2) is 60.9 Å². The van der Waals surface area contributed by atoms with Crippen LogP contribution < -0.4 is 14.4 Å². The molecule has 1 unspecified atom stereocenters. The molecule has 5 rings (SSSR count). The fourth-order valence-corrected chi connectivity index (χ4v) is 5.73. The standard InChI is InChI=1S/C33H40ClN3O6S/c1-32(2,3)43-31(38)36-17-6-7-19-37(44(39)40)24-10-13-29(34)23(20-24)22-41-33(15-16-33)28-21-35-18-14-26(28)27-8-4-5-9-30(27)42-25-11-12-25/h4-5,8-10,13-14,18,20-21,25H,6-7,11-12,15-17,19,22H2,1-3H3,(H,36,38)(H,39,40). The van der Waals surface area contributed by atoms with Gasteiger partial charge in [-0.15, -0.1) is 0 Å². The fourth-order valence-electron chi connectivity index (χ4n) is 4.98. The zero-order valence-corrected chi connectivity index (χ0v) is 27.0. The summed E-state index contributed by atoms with van der Waals surface area (Å²) in [5, 5.41) is 3.23. The van der Waals surface area contributed by atoms with Gasteiger partial charge in [0.2, 0.25) is 0 Å². The average Bonchev–Trinajstić information content (AvgIpc) is 3.91. The van der Waals surface area contributed by atoms with Crippen LogP contribution >= 0.6 is 11.6 Å². The minimum Gasteiger partial charge on any atom is -0.490 e. The Bertz CT molecular complexity index is 1490. The van der Waals surface area contributed by atoms with Gasteiger partial charge in [0.15, 0.2) is 0 Å². The van der Waals surface area contributed by atoms with Crippen molar-refractivity contribution in [1.29, 1.82) is 0 Å². The number of carbonyl (C=O) groups excluding carboxylic acids is 1. The van der Waals surface area contributed by atoms with Crippen molar-refractivity contribution in [3.8, 4) is 16.9 Å². The monoisotopic (exact) mass is 641 g/mol. The molecule has 1 heterocycles. The lowest BCUT2D eigenvalue weighted by molar-refractivity contribution is 0.0174. The van der Waals surface area contributed by atoms with Crippen LogP contribution in [0, 0.1) is 0 Å². The molecule has 2 saturated carbocycles. The van der Waals surface area contributed by atoms with Gasteiger partial charge in [0.25, 0.3) is 11.3 Å². The number of hydrogen-bond donors (Lipinski definition) is 2. The number of anilines is 1. The van der Waals surface area contributed by atoms with Crippen molar-refractivity contribution in [1.82, 2.24) is 10.3 Å². The summed E-state index contributed by atoms with van der Waals surface area (Å²) in [5.74, 6) is 0.867. The summed E-state index contributed by atoms with van der Waals surface area (Å²) in [7, 11) is 0. The Balaban J connectivity index is 1.24. The number of nitrogens with zero attached hydrogens (tertiary/aromatic N) is 2. The first-order valence-electron chi connectivity index (χ1n) is 15.0. The maximum absolute atomic E-state index is 12.3. The normalized spacial score (nSPS) is 16.2. The van der Waals surface area contributed by atoms with Crippen LogP contribution in [-0.2, 0) is 32.9 Å². The van der Waals surface area contributed by atoms with E-state index in [4.69, 9.17) is 25.8 Å². The van der Waals surface area contributed by atoms with Crippen molar-refractivity contribution in [2.75, 3.05) is 17.4 Å². The van der Waals surface area contributed by atoms with Crippen molar-refractivity contribution in [3.63, 3.8) is 0 Å². The molecule has 236 valence electrons. The number of amides is 1. The number of rotatable bonds is 14. The maximum atomic E-state index is 12.3. The van der Waals surface area contributed by atoms with Crippen LogP contribution in [0.25, 0.3) is 11.1 Å². The number of ether oxygens (including phenoxy) is 3. The van der Waals surface area contributed by atoms with E-state index < -0.39 is 28.6 Å².